The van der Waals surface area contributed by atoms with Crippen molar-refractivity contribution < 1.29 is 23.7 Å². The Hall–Kier alpha value is -2.12. The van der Waals surface area contributed by atoms with Gasteiger partial charge in [-0.3, -0.25) is 0 Å². The van der Waals surface area contributed by atoms with Gasteiger partial charge < -0.3 is 9.47 Å². The molecular formula is C16H26FN3O4. The quantitative estimate of drug-likeness (QED) is 0.792. The Labute approximate surface area is 141 Å². The van der Waals surface area contributed by atoms with E-state index in [0.29, 0.717) is 19.0 Å². The SMILES string of the molecule is CC.CCCOc1c(C(=O)OF)cnn1CC1OC(C)=NC1(C)C. The molecule has 0 spiro atoms. The number of aromatic nitrogens is 2. The predicted octanol–water partition coefficient (Wildman–Crippen LogP) is 3.34. The first-order chi connectivity index (χ1) is 11.4. The second-order valence-corrected chi connectivity index (χ2v) is 5.65. The molecular weight excluding hydrogens is 317 g/mol. The van der Waals surface area contributed by atoms with Gasteiger partial charge in [-0.25, -0.2) is 19.4 Å². The van der Waals surface area contributed by atoms with Crippen molar-refractivity contribution in [3.63, 3.8) is 0 Å². The van der Waals surface area contributed by atoms with Crippen LogP contribution in [0.2, 0.25) is 0 Å². The van der Waals surface area contributed by atoms with E-state index in [2.05, 4.69) is 15.0 Å². The van der Waals surface area contributed by atoms with Gasteiger partial charge in [0.15, 0.2) is 5.90 Å². The van der Waals surface area contributed by atoms with E-state index in [0.717, 1.165) is 6.42 Å². The molecule has 1 aromatic rings. The van der Waals surface area contributed by atoms with Crippen molar-refractivity contribution in [2.75, 3.05) is 6.61 Å². The molecule has 0 saturated heterocycles. The number of carbonyl (C=O) groups is 1. The van der Waals surface area contributed by atoms with Gasteiger partial charge in [-0.15, -0.1) is 0 Å². The number of hydrogen-bond donors (Lipinski definition) is 0. The highest BCUT2D eigenvalue weighted by atomic mass is 19.3. The fraction of sp³-hybridized carbons (Fsp3) is 0.688. The second kappa shape index (κ2) is 8.65. The molecule has 2 heterocycles. The highest BCUT2D eigenvalue weighted by Crippen LogP contribution is 2.28. The minimum absolute atomic E-state index is 0.0515. The molecule has 1 atom stereocenters. The number of aliphatic imine (C=N–C) groups is 1. The van der Waals surface area contributed by atoms with E-state index in [-0.39, 0.29) is 17.5 Å². The fourth-order valence-electron chi connectivity index (χ4n) is 2.31. The van der Waals surface area contributed by atoms with Crippen LogP contribution in [0.25, 0.3) is 0 Å². The highest BCUT2D eigenvalue weighted by Gasteiger charge is 2.38. The van der Waals surface area contributed by atoms with Crippen LogP contribution < -0.4 is 4.74 Å². The van der Waals surface area contributed by atoms with E-state index in [1.807, 2.05) is 34.6 Å². The summed E-state index contributed by atoms with van der Waals surface area (Å²) in [6, 6.07) is 0. The first-order valence-electron chi connectivity index (χ1n) is 8.13. The van der Waals surface area contributed by atoms with Gasteiger partial charge in [-0.1, -0.05) is 20.8 Å². The zero-order valence-electron chi connectivity index (χ0n) is 15.1. The summed E-state index contributed by atoms with van der Waals surface area (Å²) < 4.78 is 24.9. The molecule has 0 N–H and O–H groups in total. The van der Waals surface area contributed by atoms with Crippen LogP contribution in [0, 0.1) is 0 Å². The van der Waals surface area contributed by atoms with Gasteiger partial charge in [-0.2, -0.15) is 5.10 Å². The molecule has 24 heavy (non-hydrogen) atoms. The molecule has 0 fully saturated rings. The molecule has 1 unspecified atom stereocenters. The standard InChI is InChI=1S/C14H20FN3O4.C2H6/c1-5-6-20-12-10(13(19)22-15)7-16-18(12)8-11-14(3,4)17-9(2)21-11;1-2/h7,11H,5-6,8H2,1-4H3;1-2H3. The molecule has 0 amide bonds. The topological polar surface area (TPSA) is 74.9 Å². The van der Waals surface area contributed by atoms with Crippen molar-refractivity contribution in [1.82, 2.24) is 9.78 Å². The number of rotatable bonds is 6. The first kappa shape index (κ1) is 19.9. The second-order valence-electron chi connectivity index (χ2n) is 5.65. The summed E-state index contributed by atoms with van der Waals surface area (Å²) in [5, 5.41) is 4.09. The van der Waals surface area contributed by atoms with Crippen LogP contribution in [-0.2, 0) is 16.2 Å². The molecule has 0 aliphatic carbocycles. The van der Waals surface area contributed by atoms with Crippen molar-refractivity contribution >= 4 is 11.9 Å². The minimum atomic E-state index is -1.13. The summed E-state index contributed by atoms with van der Waals surface area (Å²) in [6.45, 7) is 12.3. The van der Waals surface area contributed by atoms with Crippen molar-refractivity contribution in [3.8, 4) is 5.88 Å². The van der Waals surface area contributed by atoms with Crippen LogP contribution in [0.3, 0.4) is 0 Å². The molecule has 8 heteroatoms. The average molecular weight is 343 g/mol. The minimum Gasteiger partial charge on any atom is -0.477 e. The lowest BCUT2D eigenvalue weighted by molar-refractivity contribution is -0.0790. The van der Waals surface area contributed by atoms with E-state index < -0.39 is 11.5 Å². The third kappa shape index (κ3) is 4.46. The largest absolute Gasteiger partial charge is 0.477 e. The highest BCUT2D eigenvalue weighted by molar-refractivity contribution is 5.91. The van der Waals surface area contributed by atoms with Crippen LogP contribution in [0.5, 0.6) is 5.88 Å². The van der Waals surface area contributed by atoms with Gasteiger partial charge in [0.1, 0.15) is 11.7 Å². The normalized spacial score (nSPS) is 18.1. The molecule has 1 aliphatic rings. The van der Waals surface area contributed by atoms with Gasteiger partial charge in [0.25, 0.3) is 0 Å². The smallest absolute Gasteiger partial charge is 0.386 e. The maximum Gasteiger partial charge on any atom is 0.386 e. The number of nitrogens with zero attached hydrogens (tertiary/aromatic N) is 3. The number of hydrogen-bond acceptors (Lipinski definition) is 6. The molecule has 1 aromatic heterocycles. The molecule has 1 aliphatic heterocycles. The van der Waals surface area contributed by atoms with Gasteiger partial charge >= 0.3 is 5.97 Å². The van der Waals surface area contributed by atoms with Gasteiger partial charge in [0.05, 0.1) is 24.9 Å². The first-order valence-corrected chi connectivity index (χ1v) is 8.13. The third-order valence-corrected chi connectivity index (χ3v) is 3.41. The fourth-order valence-corrected chi connectivity index (χ4v) is 2.31. The lowest BCUT2D eigenvalue weighted by atomic mass is 9.99. The third-order valence-electron chi connectivity index (χ3n) is 3.41. The zero-order chi connectivity index (χ0) is 18.3. The Kier molecular flexibility index (Phi) is 7.18. The summed E-state index contributed by atoms with van der Waals surface area (Å²) in [5.41, 5.74) is -0.469. The molecule has 0 saturated carbocycles. The van der Waals surface area contributed by atoms with E-state index in [1.54, 1.807) is 6.92 Å². The summed E-state index contributed by atoms with van der Waals surface area (Å²) in [4.78, 5) is 19.1. The van der Waals surface area contributed by atoms with Crippen LogP contribution >= 0.6 is 0 Å². The Morgan fingerprint density at radius 1 is 1.46 bits per heavy atom. The average Bonchev–Trinajstić information content (AvgIpc) is 3.06. The van der Waals surface area contributed by atoms with Crippen molar-refractivity contribution in [3.05, 3.63) is 11.8 Å². The van der Waals surface area contributed by atoms with E-state index >= 15 is 0 Å². The molecule has 0 radical (unpaired) electrons. The van der Waals surface area contributed by atoms with Crippen LogP contribution in [0.1, 0.15) is 58.3 Å². The Bertz CT molecular complexity index is 584. The van der Waals surface area contributed by atoms with Gasteiger partial charge in [0, 0.05) is 11.4 Å². The summed E-state index contributed by atoms with van der Waals surface area (Å²) in [5.74, 6) is -0.355. The van der Waals surface area contributed by atoms with Crippen LogP contribution in [-0.4, -0.2) is 39.9 Å². The Morgan fingerprint density at radius 3 is 2.62 bits per heavy atom. The lowest BCUT2D eigenvalue weighted by Crippen LogP contribution is -2.36. The zero-order valence-corrected chi connectivity index (χ0v) is 15.1. The summed E-state index contributed by atoms with van der Waals surface area (Å²) in [6.07, 6.45) is 1.71. The Balaban J connectivity index is 0.00000139. The van der Waals surface area contributed by atoms with Gasteiger partial charge in [0.2, 0.25) is 5.88 Å². The molecule has 7 nitrogen and oxygen atoms in total. The number of halogens is 1. The Morgan fingerprint density at radius 2 is 2.12 bits per heavy atom. The van der Waals surface area contributed by atoms with Crippen molar-refractivity contribution in [2.24, 2.45) is 4.99 Å². The molecule has 136 valence electrons. The predicted molar refractivity (Wildman–Crippen MR) is 87.9 cm³/mol. The molecule has 0 aromatic carbocycles. The van der Waals surface area contributed by atoms with E-state index in [1.165, 1.54) is 10.9 Å². The maximum absolute atomic E-state index is 12.2. The van der Waals surface area contributed by atoms with Crippen molar-refractivity contribution in [2.45, 2.75) is 66.2 Å². The van der Waals surface area contributed by atoms with Crippen LogP contribution in [0.4, 0.5) is 4.53 Å². The molecule has 2 rings (SSSR count). The van der Waals surface area contributed by atoms with E-state index in [4.69, 9.17) is 9.47 Å². The molecule has 0 bridgehead atoms. The summed E-state index contributed by atoms with van der Waals surface area (Å²) >= 11 is 0. The van der Waals surface area contributed by atoms with Gasteiger partial charge in [-0.05, 0) is 20.3 Å². The van der Waals surface area contributed by atoms with Crippen molar-refractivity contribution in [1.29, 1.82) is 0 Å². The summed E-state index contributed by atoms with van der Waals surface area (Å²) in [7, 11) is 0. The van der Waals surface area contributed by atoms with E-state index in [9.17, 15) is 9.32 Å². The lowest BCUT2D eigenvalue weighted by Gasteiger charge is -2.23. The monoisotopic (exact) mass is 343 g/mol. The number of ether oxygens (including phenoxy) is 2. The number of carbonyl (C=O) groups excluding carboxylic acids is 1. The maximum atomic E-state index is 12.2. The van der Waals surface area contributed by atoms with Crippen LogP contribution in [0.15, 0.2) is 11.2 Å².